The molecule has 0 fully saturated rings. The average molecular weight is 546 g/mol. The molecule has 0 saturated carbocycles. The Bertz CT molecular complexity index is 1070. The summed E-state index contributed by atoms with van der Waals surface area (Å²) < 4.78 is 72.0. The van der Waals surface area contributed by atoms with Crippen molar-refractivity contribution in [2.75, 3.05) is 31.5 Å². The summed E-state index contributed by atoms with van der Waals surface area (Å²) in [4.78, 5) is 2.94. The van der Waals surface area contributed by atoms with E-state index >= 15 is 0 Å². The van der Waals surface area contributed by atoms with Gasteiger partial charge in [0.15, 0.2) is 0 Å². The highest BCUT2D eigenvalue weighted by atomic mass is 35.7. The first-order valence-corrected chi connectivity index (χ1v) is 13.6. The van der Waals surface area contributed by atoms with Gasteiger partial charge in [0, 0.05) is 23.8 Å². The molecule has 0 aliphatic carbocycles. The van der Waals surface area contributed by atoms with Gasteiger partial charge in [-0.1, -0.05) is 25.4 Å². The summed E-state index contributed by atoms with van der Waals surface area (Å²) >= 11 is 6.09. The van der Waals surface area contributed by atoms with Crippen LogP contribution in [-0.4, -0.2) is 35.7 Å². The van der Waals surface area contributed by atoms with Crippen molar-refractivity contribution in [3.8, 4) is 0 Å². The van der Waals surface area contributed by atoms with Crippen molar-refractivity contribution in [2.24, 2.45) is 0 Å². The van der Waals surface area contributed by atoms with Crippen molar-refractivity contribution >= 4 is 34.1 Å². The van der Waals surface area contributed by atoms with Crippen LogP contribution in [0.15, 0.2) is 41.3 Å². The summed E-state index contributed by atoms with van der Waals surface area (Å²) in [6.45, 7) is 7.97. The molecule has 14 heteroatoms. The standard InChI is InChI=1S/C19H22Cl2N2O4S.ClHO4/c1-3-23(4-2)10-9-22-17-6-8-19-15(13-17)11-14-12-16(20)5-7-18(14)28(19)27-21(24,25)26;2-1(3,4)5/h5-8,11-13,22H,3-4,9-10H2,1-2H3;(H,2,3,4,5). The number of nitrogens with one attached hydrogen (secondary N) is 1. The Morgan fingerprint density at radius 1 is 1.03 bits per heavy atom. The fourth-order valence-electron chi connectivity index (χ4n) is 3.07. The zero-order valence-electron chi connectivity index (χ0n) is 17.7. The van der Waals surface area contributed by atoms with E-state index < -0.39 is 31.3 Å². The normalized spacial score (nSPS) is 15.2. The smallest absolute Gasteiger partial charge is 0.148 e. The maximum absolute atomic E-state index is 11.3. The van der Waals surface area contributed by atoms with Gasteiger partial charge in [-0.05, 0) is 66.3 Å². The predicted molar refractivity (Wildman–Crippen MR) is 105 cm³/mol. The maximum atomic E-state index is 11.3. The zero-order chi connectivity index (χ0) is 24.8. The van der Waals surface area contributed by atoms with E-state index in [4.69, 9.17) is 34.0 Å². The van der Waals surface area contributed by atoms with Crippen LogP contribution in [0.2, 0.25) is 5.02 Å². The summed E-state index contributed by atoms with van der Waals surface area (Å²) in [5, 5.41) is 4.71. The average Bonchev–Trinajstić information content (AvgIpc) is 2.68. The molecule has 3 rings (SSSR count). The molecule has 0 spiro atoms. The van der Waals surface area contributed by atoms with Crippen LogP contribution >= 0.6 is 22.4 Å². The summed E-state index contributed by atoms with van der Waals surface area (Å²) in [7, 11) is -10.6. The lowest BCUT2D eigenvalue weighted by atomic mass is 10.1. The first-order valence-electron chi connectivity index (χ1n) is 9.53. The molecule has 1 unspecified atom stereocenters. The zero-order valence-corrected chi connectivity index (χ0v) is 20.7. The second-order valence-corrected chi connectivity index (χ2v) is 10.5. The SMILES string of the molecule is CCN(CC)CCNc1ccc2c(c1)=Cc1cc(Cl)ccc1S=2O[Cl+3]([O-])([O-])[O-].[O-][Cl+3]([O-])([O-])O. The molecule has 1 atom stereocenters. The Kier molecular flexibility index (Phi) is 10.3. The first-order chi connectivity index (χ1) is 15.3. The van der Waals surface area contributed by atoms with Crippen molar-refractivity contribution < 1.29 is 56.8 Å². The number of anilines is 1. The number of fused-ring (bicyclic) bond motifs is 2. The quantitative estimate of drug-likeness (QED) is 0.316. The molecule has 0 aromatic heterocycles. The Hall–Kier alpha value is -1.03. The molecule has 0 saturated heterocycles. The summed E-state index contributed by atoms with van der Waals surface area (Å²) in [5.41, 5.74) is 1.65. The van der Waals surface area contributed by atoms with Gasteiger partial charge >= 0.3 is 0 Å². The van der Waals surface area contributed by atoms with Crippen LogP contribution in [-0.2, 0) is 3.74 Å². The highest BCUT2D eigenvalue weighted by Crippen LogP contribution is 2.38. The monoisotopic (exact) mass is 544 g/mol. The summed E-state index contributed by atoms with van der Waals surface area (Å²) in [6.07, 6.45) is 1.92. The van der Waals surface area contributed by atoms with E-state index in [1.165, 1.54) is 0 Å². The number of hydrogen-bond acceptors (Lipinski definition) is 10. The van der Waals surface area contributed by atoms with E-state index in [-0.39, 0.29) is 0 Å². The molecule has 0 radical (unpaired) electrons. The first kappa shape index (κ1) is 28.2. The Morgan fingerprint density at radius 2 is 1.67 bits per heavy atom. The number of nitrogens with zero attached hydrogens (tertiary/aromatic N) is 1. The van der Waals surface area contributed by atoms with Gasteiger partial charge in [-0.3, -0.25) is 0 Å². The summed E-state index contributed by atoms with van der Waals surface area (Å²) in [5.74, 6) is 0. The summed E-state index contributed by atoms with van der Waals surface area (Å²) in [6, 6.07) is 10.7. The van der Waals surface area contributed by atoms with Crippen LogP contribution in [0.25, 0.3) is 6.08 Å². The molecule has 10 nitrogen and oxygen atoms in total. The van der Waals surface area contributed by atoms with Gasteiger partial charge in [0.25, 0.3) is 0 Å². The molecular weight excluding hydrogens is 523 g/mol. The van der Waals surface area contributed by atoms with Crippen LogP contribution in [0.5, 0.6) is 0 Å². The second kappa shape index (κ2) is 12.1. The van der Waals surface area contributed by atoms with Gasteiger partial charge in [-0.2, -0.15) is 28.0 Å². The van der Waals surface area contributed by atoms with Gasteiger partial charge in [0.1, 0.15) is 14.5 Å². The molecule has 1 aliphatic rings. The van der Waals surface area contributed by atoms with Gasteiger partial charge < -0.3 is 10.2 Å². The van der Waals surface area contributed by atoms with Gasteiger partial charge in [-0.25, -0.2) is 0 Å². The second-order valence-electron chi connectivity index (χ2n) is 6.64. The van der Waals surface area contributed by atoms with Gasteiger partial charge in [-0.15, -0.1) is 0 Å². The van der Waals surface area contributed by atoms with Gasteiger partial charge in [0.2, 0.25) is 0 Å². The van der Waals surface area contributed by atoms with Crippen LogP contribution in [0.3, 0.4) is 0 Å². The third kappa shape index (κ3) is 9.62. The predicted octanol–water partition coefficient (Wildman–Crippen LogP) is -3.48. The van der Waals surface area contributed by atoms with Crippen molar-refractivity contribution in [1.82, 2.24) is 4.90 Å². The third-order valence-electron chi connectivity index (χ3n) is 4.48. The minimum absolute atomic E-state index is 0.526. The number of hydrogen-bond donors (Lipinski definition) is 2. The molecule has 184 valence electrons. The van der Waals surface area contributed by atoms with Crippen LogP contribution in [0, 0.1) is 25.0 Å². The van der Waals surface area contributed by atoms with Crippen molar-refractivity contribution in [3.05, 3.63) is 56.7 Å². The van der Waals surface area contributed by atoms with Gasteiger partial charge in [0.05, 0.1) is 34.6 Å². The number of likely N-dealkylation sites (N-methyl/N-ethyl adjacent to an activating group) is 1. The topological polar surface area (TPSA) is 183 Å². The van der Waals surface area contributed by atoms with Crippen LogP contribution in [0.4, 0.5) is 5.69 Å². The molecule has 1 heterocycles. The lowest BCUT2D eigenvalue weighted by Crippen LogP contribution is -2.60. The Morgan fingerprint density at radius 3 is 2.24 bits per heavy atom. The lowest BCUT2D eigenvalue weighted by Gasteiger charge is -2.19. The maximum Gasteiger partial charge on any atom is 0.148 e. The molecule has 2 N–H and O–H groups in total. The van der Waals surface area contributed by atoms with E-state index in [1.807, 2.05) is 18.2 Å². The molecule has 2 aromatic carbocycles. The fourth-order valence-corrected chi connectivity index (χ4v) is 5.69. The lowest BCUT2D eigenvalue weighted by molar-refractivity contribution is -1.92. The van der Waals surface area contributed by atoms with E-state index in [2.05, 4.69) is 24.1 Å². The van der Waals surface area contributed by atoms with E-state index in [1.54, 1.807) is 24.3 Å². The van der Waals surface area contributed by atoms with Crippen molar-refractivity contribution in [2.45, 2.75) is 18.7 Å². The minimum atomic E-state index is -4.69. The Labute approximate surface area is 202 Å². The largest absolute Gasteiger partial charge is 0.384 e. The van der Waals surface area contributed by atoms with Crippen LogP contribution < -0.4 is 38.5 Å². The number of rotatable bonds is 8. The highest BCUT2D eigenvalue weighted by Gasteiger charge is 2.27. The highest BCUT2D eigenvalue weighted by molar-refractivity contribution is 8.05. The third-order valence-corrected chi connectivity index (χ3v) is 7.38. The van der Waals surface area contributed by atoms with E-state index in [0.717, 1.165) is 42.6 Å². The molecular formula is C19H23Cl3N2O8S. The number of benzene rings is 2. The van der Waals surface area contributed by atoms with E-state index in [9.17, 15) is 14.0 Å². The van der Waals surface area contributed by atoms with Crippen molar-refractivity contribution in [3.63, 3.8) is 0 Å². The van der Waals surface area contributed by atoms with Crippen molar-refractivity contribution in [1.29, 1.82) is 0 Å². The molecule has 33 heavy (non-hydrogen) atoms. The van der Waals surface area contributed by atoms with E-state index in [0.29, 0.717) is 14.4 Å². The fraction of sp³-hybridized carbons (Fsp3) is 0.316. The number of halogens is 3. The van der Waals surface area contributed by atoms with Crippen LogP contribution in [0.1, 0.15) is 19.4 Å². The molecule has 2 aromatic rings. The Balaban J connectivity index is 0.000000696. The molecule has 1 aliphatic heterocycles. The minimum Gasteiger partial charge on any atom is -0.384 e. The molecule has 0 amide bonds. The molecule has 0 bridgehead atoms.